The standard InChI is InChI=1S/C14H22ClN3O/c1-4-7-18(5-2)8-6-16-14(19)12-10-17-11(3)9-13(12)15/h9-10H,4-8H2,1-3H3,(H,16,19). The van der Waals surface area contributed by atoms with Crippen molar-refractivity contribution in [2.45, 2.75) is 27.2 Å². The van der Waals surface area contributed by atoms with E-state index in [9.17, 15) is 4.79 Å². The fourth-order valence-corrected chi connectivity index (χ4v) is 2.15. The number of hydrogen-bond donors (Lipinski definition) is 1. The second-order valence-corrected chi connectivity index (χ2v) is 4.90. The Balaban J connectivity index is 2.47. The van der Waals surface area contributed by atoms with Gasteiger partial charge in [0.2, 0.25) is 0 Å². The van der Waals surface area contributed by atoms with Crippen molar-refractivity contribution >= 4 is 17.5 Å². The van der Waals surface area contributed by atoms with Crippen molar-refractivity contribution in [1.82, 2.24) is 15.2 Å². The second-order valence-electron chi connectivity index (χ2n) is 4.50. The predicted molar refractivity (Wildman–Crippen MR) is 78.7 cm³/mol. The maximum atomic E-state index is 12.0. The summed E-state index contributed by atoms with van der Waals surface area (Å²) < 4.78 is 0. The minimum atomic E-state index is -0.162. The summed E-state index contributed by atoms with van der Waals surface area (Å²) in [6.45, 7) is 9.65. The molecule has 0 unspecified atom stereocenters. The van der Waals surface area contributed by atoms with E-state index in [-0.39, 0.29) is 5.91 Å². The summed E-state index contributed by atoms with van der Waals surface area (Å²) in [5.74, 6) is -0.162. The molecule has 0 atom stereocenters. The molecule has 0 fully saturated rings. The maximum absolute atomic E-state index is 12.0. The van der Waals surface area contributed by atoms with Crippen molar-refractivity contribution in [3.05, 3.63) is 28.5 Å². The number of aryl methyl sites for hydroxylation is 1. The first kappa shape index (κ1) is 15.9. The molecule has 0 aliphatic rings. The first-order valence-electron chi connectivity index (χ1n) is 6.71. The van der Waals surface area contributed by atoms with Gasteiger partial charge >= 0.3 is 0 Å². The van der Waals surface area contributed by atoms with Gasteiger partial charge in [0.25, 0.3) is 5.91 Å². The van der Waals surface area contributed by atoms with Crippen molar-refractivity contribution in [2.75, 3.05) is 26.2 Å². The highest BCUT2D eigenvalue weighted by molar-refractivity contribution is 6.33. The predicted octanol–water partition coefficient (Wildman–Crippen LogP) is 2.51. The molecule has 0 saturated heterocycles. The summed E-state index contributed by atoms with van der Waals surface area (Å²) >= 11 is 6.03. The zero-order valence-corrected chi connectivity index (χ0v) is 12.6. The maximum Gasteiger partial charge on any atom is 0.254 e. The Labute approximate surface area is 120 Å². The molecule has 0 saturated carbocycles. The molecule has 0 aliphatic heterocycles. The number of pyridine rings is 1. The minimum absolute atomic E-state index is 0.162. The van der Waals surface area contributed by atoms with Gasteiger partial charge in [-0.05, 0) is 32.5 Å². The third-order valence-corrected chi connectivity index (χ3v) is 3.25. The van der Waals surface area contributed by atoms with E-state index in [0.717, 1.165) is 31.7 Å². The number of rotatable bonds is 7. The van der Waals surface area contributed by atoms with Gasteiger partial charge in [-0.15, -0.1) is 0 Å². The Morgan fingerprint density at radius 1 is 1.42 bits per heavy atom. The topological polar surface area (TPSA) is 45.2 Å². The van der Waals surface area contributed by atoms with Gasteiger partial charge in [-0.2, -0.15) is 0 Å². The molecule has 0 bridgehead atoms. The van der Waals surface area contributed by atoms with Crippen molar-refractivity contribution in [2.24, 2.45) is 0 Å². The molecule has 1 rings (SSSR count). The fraction of sp³-hybridized carbons (Fsp3) is 0.571. The number of likely N-dealkylation sites (N-methyl/N-ethyl adjacent to an activating group) is 1. The lowest BCUT2D eigenvalue weighted by atomic mass is 10.2. The molecule has 1 amide bonds. The Morgan fingerprint density at radius 3 is 2.74 bits per heavy atom. The second kappa shape index (κ2) is 8.12. The quantitative estimate of drug-likeness (QED) is 0.836. The molecular formula is C14H22ClN3O. The van der Waals surface area contributed by atoms with Gasteiger partial charge in [0.15, 0.2) is 0 Å². The zero-order valence-electron chi connectivity index (χ0n) is 11.9. The Morgan fingerprint density at radius 2 is 2.16 bits per heavy atom. The summed E-state index contributed by atoms with van der Waals surface area (Å²) in [6.07, 6.45) is 2.64. The Kier molecular flexibility index (Phi) is 6.81. The molecule has 0 radical (unpaired) electrons. The molecule has 19 heavy (non-hydrogen) atoms. The van der Waals surface area contributed by atoms with Crippen LogP contribution in [0.25, 0.3) is 0 Å². The number of amides is 1. The van der Waals surface area contributed by atoms with Gasteiger partial charge in [0, 0.05) is 25.0 Å². The van der Waals surface area contributed by atoms with E-state index >= 15 is 0 Å². The van der Waals surface area contributed by atoms with Crippen LogP contribution in [0, 0.1) is 6.92 Å². The van der Waals surface area contributed by atoms with Crippen molar-refractivity contribution < 1.29 is 4.79 Å². The average Bonchev–Trinajstić information content (AvgIpc) is 2.37. The van der Waals surface area contributed by atoms with Gasteiger partial charge in [0.05, 0.1) is 10.6 Å². The van der Waals surface area contributed by atoms with Crippen LogP contribution in [0.2, 0.25) is 5.02 Å². The lowest BCUT2D eigenvalue weighted by Crippen LogP contribution is -2.35. The van der Waals surface area contributed by atoms with E-state index in [1.165, 1.54) is 6.20 Å². The highest BCUT2D eigenvalue weighted by atomic mass is 35.5. The highest BCUT2D eigenvalue weighted by Crippen LogP contribution is 2.15. The van der Waals surface area contributed by atoms with E-state index in [1.54, 1.807) is 6.07 Å². The lowest BCUT2D eigenvalue weighted by Gasteiger charge is -2.19. The third-order valence-electron chi connectivity index (χ3n) is 2.94. The van der Waals surface area contributed by atoms with E-state index in [2.05, 4.69) is 29.0 Å². The van der Waals surface area contributed by atoms with Crippen LogP contribution in [0.5, 0.6) is 0 Å². The summed E-state index contributed by atoms with van der Waals surface area (Å²) in [5.41, 5.74) is 1.24. The van der Waals surface area contributed by atoms with Crippen LogP contribution in [-0.2, 0) is 0 Å². The molecule has 0 spiro atoms. The van der Waals surface area contributed by atoms with Gasteiger partial charge in [-0.3, -0.25) is 9.78 Å². The first-order valence-corrected chi connectivity index (χ1v) is 7.09. The number of nitrogens with zero attached hydrogens (tertiary/aromatic N) is 2. The molecule has 4 nitrogen and oxygen atoms in total. The Hall–Kier alpha value is -1.13. The minimum Gasteiger partial charge on any atom is -0.351 e. The molecule has 5 heteroatoms. The summed E-state index contributed by atoms with van der Waals surface area (Å²) in [4.78, 5) is 18.3. The van der Waals surface area contributed by atoms with E-state index in [4.69, 9.17) is 11.6 Å². The van der Waals surface area contributed by atoms with Crippen LogP contribution in [0.15, 0.2) is 12.3 Å². The normalized spacial score (nSPS) is 10.8. The van der Waals surface area contributed by atoms with Crippen molar-refractivity contribution in [3.8, 4) is 0 Å². The van der Waals surface area contributed by atoms with Gasteiger partial charge < -0.3 is 10.2 Å². The van der Waals surface area contributed by atoms with E-state index in [0.29, 0.717) is 17.1 Å². The molecule has 106 valence electrons. The fourth-order valence-electron chi connectivity index (χ4n) is 1.86. The lowest BCUT2D eigenvalue weighted by molar-refractivity contribution is 0.0948. The first-order chi connectivity index (χ1) is 9.08. The van der Waals surface area contributed by atoms with Crippen LogP contribution in [-0.4, -0.2) is 42.0 Å². The Bertz CT molecular complexity index is 423. The van der Waals surface area contributed by atoms with E-state index in [1.807, 2.05) is 6.92 Å². The average molecular weight is 284 g/mol. The summed E-state index contributed by atoms with van der Waals surface area (Å²) in [6, 6.07) is 1.70. The zero-order chi connectivity index (χ0) is 14.3. The van der Waals surface area contributed by atoms with E-state index < -0.39 is 0 Å². The number of hydrogen-bond acceptors (Lipinski definition) is 3. The largest absolute Gasteiger partial charge is 0.351 e. The highest BCUT2D eigenvalue weighted by Gasteiger charge is 2.11. The number of aromatic nitrogens is 1. The molecule has 0 aromatic carbocycles. The molecule has 1 aromatic heterocycles. The smallest absolute Gasteiger partial charge is 0.254 e. The number of halogens is 1. The number of nitrogens with one attached hydrogen (secondary N) is 1. The SMILES string of the molecule is CCCN(CC)CCNC(=O)c1cnc(C)cc1Cl. The molecule has 1 heterocycles. The number of carbonyl (C=O) groups is 1. The van der Waals surface area contributed by atoms with Gasteiger partial charge in [-0.1, -0.05) is 25.4 Å². The molecule has 1 aromatic rings. The monoisotopic (exact) mass is 283 g/mol. The van der Waals surface area contributed by atoms with Crippen LogP contribution in [0.4, 0.5) is 0 Å². The summed E-state index contributed by atoms with van der Waals surface area (Å²) in [5, 5.41) is 3.33. The van der Waals surface area contributed by atoms with Crippen molar-refractivity contribution in [3.63, 3.8) is 0 Å². The van der Waals surface area contributed by atoms with Crippen LogP contribution in [0.3, 0.4) is 0 Å². The molecule has 1 N–H and O–H groups in total. The molecular weight excluding hydrogens is 262 g/mol. The van der Waals surface area contributed by atoms with Gasteiger partial charge in [-0.25, -0.2) is 0 Å². The van der Waals surface area contributed by atoms with Crippen LogP contribution in [0.1, 0.15) is 36.3 Å². The third kappa shape index (κ3) is 5.17. The van der Waals surface area contributed by atoms with Crippen LogP contribution >= 0.6 is 11.6 Å². The molecule has 0 aliphatic carbocycles. The van der Waals surface area contributed by atoms with Gasteiger partial charge in [0.1, 0.15) is 0 Å². The number of carbonyl (C=O) groups excluding carboxylic acids is 1. The van der Waals surface area contributed by atoms with Crippen molar-refractivity contribution in [1.29, 1.82) is 0 Å². The van der Waals surface area contributed by atoms with Crippen LogP contribution < -0.4 is 5.32 Å². The summed E-state index contributed by atoms with van der Waals surface area (Å²) in [7, 11) is 0.